The van der Waals surface area contributed by atoms with Gasteiger partial charge in [-0.1, -0.05) is 29.8 Å². The van der Waals surface area contributed by atoms with Gasteiger partial charge in [0.2, 0.25) is 8.87 Å². The van der Waals surface area contributed by atoms with E-state index in [0.717, 1.165) is 5.56 Å². The van der Waals surface area contributed by atoms with Gasteiger partial charge in [0.25, 0.3) is 0 Å². The SMILES string of the molecule is Cc1ccc(S(=O)(=O)SC(=O)Oc2ccccc2N)cc1. The predicted molar refractivity (Wildman–Crippen MR) is 82.8 cm³/mol. The average Bonchev–Trinajstić information content (AvgIpc) is 2.41. The number of hydrogen-bond donors (Lipinski definition) is 1. The van der Waals surface area contributed by atoms with E-state index in [0.29, 0.717) is 0 Å². The topological polar surface area (TPSA) is 86.5 Å². The molecule has 0 fully saturated rings. The molecule has 0 saturated carbocycles. The maximum absolute atomic E-state index is 12.1. The highest BCUT2D eigenvalue weighted by atomic mass is 33.1. The number of anilines is 1. The molecule has 2 rings (SSSR count). The lowest BCUT2D eigenvalue weighted by Gasteiger charge is -2.06. The van der Waals surface area contributed by atoms with Gasteiger partial charge in [0.05, 0.1) is 21.4 Å². The molecule has 110 valence electrons. The number of rotatable bonds is 3. The Morgan fingerprint density at radius 2 is 1.71 bits per heavy atom. The summed E-state index contributed by atoms with van der Waals surface area (Å²) in [5, 5.41) is -0.950. The van der Waals surface area contributed by atoms with Crippen LogP contribution in [0.3, 0.4) is 0 Å². The molecule has 0 bridgehead atoms. The van der Waals surface area contributed by atoms with Crippen molar-refractivity contribution < 1.29 is 17.9 Å². The highest BCUT2D eigenvalue weighted by molar-refractivity contribution is 8.77. The van der Waals surface area contributed by atoms with E-state index in [1.54, 1.807) is 30.3 Å². The highest BCUT2D eigenvalue weighted by Crippen LogP contribution is 2.28. The lowest BCUT2D eigenvalue weighted by atomic mass is 10.2. The van der Waals surface area contributed by atoms with Crippen LogP contribution in [-0.4, -0.2) is 13.7 Å². The number of carbonyl (C=O) groups excluding carboxylic acids is 1. The van der Waals surface area contributed by atoms with Crippen LogP contribution in [0.5, 0.6) is 5.75 Å². The largest absolute Gasteiger partial charge is 0.415 e. The molecule has 0 aliphatic heterocycles. The van der Waals surface area contributed by atoms with Gasteiger partial charge in [0, 0.05) is 0 Å². The van der Waals surface area contributed by atoms with Gasteiger partial charge in [-0.2, -0.15) is 0 Å². The molecule has 0 spiro atoms. The summed E-state index contributed by atoms with van der Waals surface area (Å²) in [6.45, 7) is 1.84. The van der Waals surface area contributed by atoms with Crippen LogP contribution in [0.2, 0.25) is 0 Å². The van der Waals surface area contributed by atoms with Crippen LogP contribution >= 0.6 is 10.8 Å². The van der Waals surface area contributed by atoms with Gasteiger partial charge in [-0.25, -0.2) is 13.2 Å². The zero-order valence-electron chi connectivity index (χ0n) is 11.1. The maximum atomic E-state index is 12.1. The minimum atomic E-state index is -3.81. The van der Waals surface area contributed by atoms with E-state index >= 15 is 0 Å². The average molecular weight is 323 g/mol. The van der Waals surface area contributed by atoms with Gasteiger partial charge in [-0.3, -0.25) is 0 Å². The predicted octanol–water partition coefficient (Wildman–Crippen LogP) is 3.20. The van der Waals surface area contributed by atoms with Crippen molar-refractivity contribution in [3.8, 4) is 5.75 Å². The van der Waals surface area contributed by atoms with Crippen molar-refractivity contribution in [1.82, 2.24) is 0 Å². The van der Waals surface area contributed by atoms with E-state index in [1.807, 2.05) is 6.92 Å². The normalized spacial score (nSPS) is 11.1. The summed E-state index contributed by atoms with van der Waals surface area (Å²) in [4.78, 5) is 11.8. The monoisotopic (exact) mass is 323 g/mol. The quantitative estimate of drug-likeness (QED) is 0.530. The van der Waals surface area contributed by atoms with Crippen molar-refractivity contribution in [2.24, 2.45) is 0 Å². The Labute approximate surface area is 126 Å². The summed E-state index contributed by atoms with van der Waals surface area (Å²) in [7, 11) is -3.69. The minimum Gasteiger partial charge on any atom is -0.415 e. The highest BCUT2D eigenvalue weighted by Gasteiger charge is 2.22. The Morgan fingerprint density at radius 3 is 2.33 bits per heavy atom. The molecule has 0 radical (unpaired) electrons. The smallest absolute Gasteiger partial charge is 0.388 e. The van der Waals surface area contributed by atoms with E-state index in [4.69, 9.17) is 10.5 Å². The van der Waals surface area contributed by atoms with E-state index in [9.17, 15) is 13.2 Å². The molecule has 0 heterocycles. The molecule has 0 aliphatic rings. The number of nitrogens with two attached hydrogens (primary N) is 1. The Balaban J connectivity index is 2.12. The number of ether oxygens (including phenoxy) is 1. The standard InChI is InChI=1S/C14H13NO4S2/c1-10-6-8-11(9-7-10)21(17,18)20-14(16)19-13-5-3-2-4-12(13)15/h2-9H,15H2,1H3. The maximum Gasteiger partial charge on any atom is 0.388 e. The molecule has 0 aliphatic carbocycles. The first-order valence-corrected chi connectivity index (χ1v) is 8.77. The first kappa shape index (κ1) is 15.4. The number of nitrogen functional groups attached to an aromatic ring is 1. The van der Waals surface area contributed by atoms with Gasteiger partial charge in [-0.15, -0.1) is 0 Å². The number of benzene rings is 2. The van der Waals surface area contributed by atoms with E-state index in [2.05, 4.69) is 0 Å². The summed E-state index contributed by atoms with van der Waals surface area (Å²) in [5.74, 6) is 0.133. The number of aryl methyl sites for hydroxylation is 1. The first-order valence-electron chi connectivity index (χ1n) is 5.96. The summed E-state index contributed by atoms with van der Waals surface area (Å²) in [6.07, 6.45) is 0. The molecule has 2 aromatic carbocycles. The zero-order chi connectivity index (χ0) is 15.5. The van der Waals surface area contributed by atoms with Crippen LogP contribution in [0, 0.1) is 6.92 Å². The summed E-state index contributed by atoms with van der Waals surface area (Å²) in [5.41, 5.74) is 6.82. The Bertz CT molecular complexity index is 755. The number of hydrogen-bond acceptors (Lipinski definition) is 6. The Morgan fingerprint density at radius 1 is 1.10 bits per heavy atom. The third-order valence-electron chi connectivity index (χ3n) is 2.60. The van der Waals surface area contributed by atoms with Gasteiger partial charge < -0.3 is 10.5 Å². The van der Waals surface area contributed by atoms with Crippen molar-refractivity contribution >= 4 is 30.7 Å². The van der Waals surface area contributed by atoms with Crippen LogP contribution in [-0.2, 0) is 8.87 Å². The van der Waals surface area contributed by atoms with Crippen LogP contribution < -0.4 is 10.5 Å². The van der Waals surface area contributed by atoms with E-state index in [1.165, 1.54) is 18.2 Å². The Hall–Kier alpha value is -1.99. The fraction of sp³-hybridized carbons (Fsp3) is 0.0714. The summed E-state index contributed by atoms with van der Waals surface area (Å²) in [6, 6.07) is 12.6. The lowest BCUT2D eigenvalue weighted by Crippen LogP contribution is -2.07. The van der Waals surface area contributed by atoms with Crippen molar-refractivity contribution in [2.45, 2.75) is 11.8 Å². The van der Waals surface area contributed by atoms with Gasteiger partial charge in [-0.05, 0) is 31.2 Å². The third kappa shape index (κ3) is 3.99. The second-order valence-corrected chi connectivity index (χ2v) is 7.94. The molecule has 21 heavy (non-hydrogen) atoms. The molecule has 2 aromatic rings. The number of para-hydroxylation sites is 2. The minimum absolute atomic E-state index is 0.0519. The van der Waals surface area contributed by atoms with Crippen molar-refractivity contribution in [3.63, 3.8) is 0 Å². The fourth-order valence-corrected chi connectivity index (χ4v) is 3.65. The molecule has 0 saturated heterocycles. The molecule has 0 unspecified atom stereocenters. The van der Waals surface area contributed by atoms with Crippen LogP contribution in [0.15, 0.2) is 53.4 Å². The van der Waals surface area contributed by atoms with Crippen LogP contribution in [0.25, 0.3) is 0 Å². The van der Waals surface area contributed by atoms with Gasteiger partial charge >= 0.3 is 5.30 Å². The van der Waals surface area contributed by atoms with Gasteiger partial charge in [0.1, 0.15) is 0 Å². The fourth-order valence-electron chi connectivity index (χ4n) is 1.52. The van der Waals surface area contributed by atoms with Crippen molar-refractivity contribution in [2.75, 3.05) is 5.73 Å². The lowest BCUT2D eigenvalue weighted by molar-refractivity contribution is 0.227. The van der Waals surface area contributed by atoms with Crippen molar-refractivity contribution in [1.29, 1.82) is 0 Å². The zero-order valence-corrected chi connectivity index (χ0v) is 12.8. The van der Waals surface area contributed by atoms with Gasteiger partial charge in [0.15, 0.2) is 5.75 Å². The van der Waals surface area contributed by atoms with Crippen LogP contribution in [0.4, 0.5) is 10.5 Å². The number of carbonyl (C=O) groups is 1. The van der Waals surface area contributed by atoms with Crippen LogP contribution in [0.1, 0.15) is 5.56 Å². The van der Waals surface area contributed by atoms with E-state index < -0.39 is 14.2 Å². The molecule has 0 amide bonds. The molecular formula is C14H13NO4S2. The van der Waals surface area contributed by atoms with Crippen molar-refractivity contribution in [3.05, 3.63) is 54.1 Å². The molecule has 2 N–H and O–H groups in total. The second-order valence-electron chi connectivity index (χ2n) is 4.24. The summed E-state index contributed by atoms with van der Waals surface area (Å²) < 4.78 is 29.1. The molecule has 5 nitrogen and oxygen atoms in total. The third-order valence-corrected chi connectivity index (χ3v) is 5.53. The van der Waals surface area contributed by atoms with E-state index in [-0.39, 0.29) is 27.1 Å². The first-order chi connectivity index (χ1) is 9.88. The summed E-state index contributed by atoms with van der Waals surface area (Å²) >= 11 is 0. The molecule has 0 atom stereocenters. The molecular weight excluding hydrogens is 310 g/mol. The second kappa shape index (κ2) is 6.19. The Kier molecular flexibility index (Phi) is 4.54. The molecule has 7 heteroatoms. The molecule has 0 aromatic heterocycles.